The van der Waals surface area contributed by atoms with Crippen molar-refractivity contribution in [3.05, 3.63) is 0 Å². The summed E-state index contributed by atoms with van der Waals surface area (Å²) in [6.45, 7) is 5.11. The van der Waals surface area contributed by atoms with Crippen LogP contribution < -0.4 is 11.1 Å². The summed E-state index contributed by atoms with van der Waals surface area (Å²) >= 11 is 0. The Bertz CT molecular complexity index is 247. The van der Waals surface area contributed by atoms with Crippen molar-refractivity contribution in [3.8, 4) is 0 Å². The number of hydrogen-bond donors (Lipinski definition) is 2. The molecule has 1 atom stereocenters. The first-order valence-electron chi connectivity index (χ1n) is 6.10. The van der Waals surface area contributed by atoms with E-state index in [2.05, 4.69) is 24.1 Å². The van der Waals surface area contributed by atoms with Gasteiger partial charge in [-0.15, -0.1) is 0 Å². The predicted octanol–water partition coefficient (Wildman–Crippen LogP) is 0.570. The molecule has 0 aromatic carbocycles. The van der Waals surface area contributed by atoms with E-state index in [1.807, 2.05) is 14.1 Å². The zero-order valence-electron chi connectivity index (χ0n) is 10.9. The van der Waals surface area contributed by atoms with Gasteiger partial charge < -0.3 is 16.0 Å². The van der Waals surface area contributed by atoms with Crippen LogP contribution in [-0.2, 0) is 4.79 Å². The number of likely N-dealkylation sites (N-methyl/N-ethyl adjacent to an activating group) is 1. The van der Waals surface area contributed by atoms with E-state index in [1.54, 1.807) is 0 Å². The van der Waals surface area contributed by atoms with Gasteiger partial charge in [0.25, 0.3) is 0 Å². The van der Waals surface area contributed by atoms with Crippen molar-refractivity contribution in [2.45, 2.75) is 44.7 Å². The molecule has 1 unspecified atom stereocenters. The lowest BCUT2D eigenvalue weighted by atomic mass is 9.77. The Labute approximate surface area is 98.6 Å². The zero-order chi connectivity index (χ0) is 12.3. The third kappa shape index (κ3) is 3.19. The third-order valence-corrected chi connectivity index (χ3v) is 3.38. The fourth-order valence-corrected chi connectivity index (χ4v) is 1.91. The van der Waals surface area contributed by atoms with Crippen LogP contribution in [0.2, 0.25) is 0 Å². The Kier molecular flexibility index (Phi) is 4.33. The van der Waals surface area contributed by atoms with Crippen molar-refractivity contribution in [3.63, 3.8) is 0 Å². The summed E-state index contributed by atoms with van der Waals surface area (Å²) in [4.78, 5) is 14.1. The lowest BCUT2D eigenvalue weighted by Crippen LogP contribution is -2.61. The van der Waals surface area contributed by atoms with Crippen LogP contribution >= 0.6 is 0 Å². The second-order valence-corrected chi connectivity index (χ2v) is 5.60. The summed E-state index contributed by atoms with van der Waals surface area (Å²) < 4.78 is 0. The summed E-state index contributed by atoms with van der Waals surface area (Å²) in [6.07, 6.45) is 2.72. The molecule has 94 valence electrons. The molecule has 16 heavy (non-hydrogen) atoms. The van der Waals surface area contributed by atoms with Crippen LogP contribution in [-0.4, -0.2) is 43.0 Å². The van der Waals surface area contributed by atoms with E-state index in [9.17, 15) is 4.79 Å². The van der Waals surface area contributed by atoms with E-state index in [4.69, 9.17) is 5.73 Å². The molecule has 4 nitrogen and oxygen atoms in total. The summed E-state index contributed by atoms with van der Waals surface area (Å²) in [6, 6.07) is 0.184. The van der Waals surface area contributed by atoms with Gasteiger partial charge in [-0.2, -0.15) is 0 Å². The Morgan fingerprint density at radius 3 is 2.31 bits per heavy atom. The Morgan fingerprint density at radius 1 is 1.44 bits per heavy atom. The smallest absolute Gasteiger partial charge is 0.240 e. The molecule has 1 amide bonds. The topological polar surface area (TPSA) is 58.4 Å². The molecule has 0 bridgehead atoms. The molecule has 0 spiro atoms. The SMILES string of the molecule is CC(C)C(CN(C)C)NC(=O)C1(N)CCC1. The molecule has 0 heterocycles. The molecule has 1 aliphatic carbocycles. The molecule has 0 saturated heterocycles. The maximum absolute atomic E-state index is 12.0. The van der Waals surface area contributed by atoms with E-state index >= 15 is 0 Å². The standard InChI is InChI=1S/C12H25N3O/c1-9(2)10(8-15(3)4)14-11(16)12(13)6-5-7-12/h9-10H,5-8,13H2,1-4H3,(H,14,16). The van der Waals surface area contributed by atoms with Gasteiger partial charge in [0.1, 0.15) is 0 Å². The highest BCUT2D eigenvalue weighted by atomic mass is 16.2. The van der Waals surface area contributed by atoms with Crippen molar-refractivity contribution in [2.75, 3.05) is 20.6 Å². The third-order valence-electron chi connectivity index (χ3n) is 3.38. The molecule has 0 radical (unpaired) electrons. The van der Waals surface area contributed by atoms with Crippen LogP contribution in [0, 0.1) is 5.92 Å². The first-order valence-corrected chi connectivity index (χ1v) is 6.10. The molecule has 1 saturated carbocycles. The molecule has 1 fully saturated rings. The fraction of sp³-hybridized carbons (Fsp3) is 0.917. The highest BCUT2D eigenvalue weighted by Crippen LogP contribution is 2.29. The van der Waals surface area contributed by atoms with E-state index in [1.165, 1.54) is 0 Å². The number of hydrogen-bond acceptors (Lipinski definition) is 3. The minimum absolute atomic E-state index is 0.0271. The van der Waals surface area contributed by atoms with Gasteiger partial charge in [-0.3, -0.25) is 4.79 Å². The minimum Gasteiger partial charge on any atom is -0.350 e. The van der Waals surface area contributed by atoms with E-state index < -0.39 is 5.54 Å². The lowest BCUT2D eigenvalue weighted by molar-refractivity contribution is -0.130. The summed E-state index contributed by atoms with van der Waals surface area (Å²) in [5, 5.41) is 3.08. The first-order chi connectivity index (χ1) is 7.35. The minimum atomic E-state index is -0.584. The van der Waals surface area contributed by atoms with Gasteiger partial charge in [-0.1, -0.05) is 13.8 Å². The Balaban J connectivity index is 2.51. The monoisotopic (exact) mass is 227 g/mol. The normalized spacial score (nSPS) is 20.7. The van der Waals surface area contributed by atoms with Crippen LogP contribution in [0.1, 0.15) is 33.1 Å². The molecule has 4 heteroatoms. The highest BCUT2D eigenvalue weighted by Gasteiger charge is 2.40. The molecular weight excluding hydrogens is 202 g/mol. The first kappa shape index (κ1) is 13.5. The fourth-order valence-electron chi connectivity index (χ4n) is 1.91. The van der Waals surface area contributed by atoms with Crippen molar-refractivity contribution in [1.29, 1.82) is 0 Å². The molecule has 1 aliphatic rings. The molecule has 0 aromatic heterocycles. The van der Waals surface area contributed by atoms with Gasteiger partial charge in [0, 0.05) is 12.6 Å². The summed E-state index contributed by atoms with van der Waals surface area (Å²) in [5.41, 5.74) is 5.42. The van der Waals surface area contributed by atoms with Gasteiger partial charge in [0.2, 0.25) is 5.91 Å². The average molecular weight is 227 g/mol. The second-order valence-electron chi connectivity index (χ2n) is 5.60. The van der Waals surface area contributed by atoms with Crippen LogP contribution in [0.15, 0.2) is 0 Å². The van der Waals surface area contributed by atoms with Crippen LogP contribution in [0.25, 0.3) is 0 Å². The number of carbonyl (C=O) groups is 1. The largest absolute Gasteiger partial charge is 0.350 e. The second kappa shape index (κ2) is 5.15. The molecule has 0 aromatic rings. The Morgan fingerprint density at radius 2 is 2.00 bits per heavy atom. The quantitative estimate of drug-likeness (QED) is 0.722. The molecular formula is C12H25N3O. The number of nitrogens with one attached hydrogen (secondary N) is 1. The molecule has 3 N–H and O–H groups in total. The Hall–Kier alpha value is -0.610. The predicted molar refractivity (Wildman–Crippen MR) is 66.1 cm³/mol. The van der Waals surface area contributed by atoms with Crippen molar-refractivity contribution in [2.24, 2.45) is 11.7 Å². The lowest BCUT2D eigenvalue weighted by Gasteiger charge is -2.38. The molecule has 1 rings (SSSR count). The summed E-state index contributed by atoms with van der Waals surface area (Å²) in [5.74, 6) is 0.453. The summed E-state index contributed by atoms with van der Waals surface area (Å²) in [7, 11) is 4.03. The number of nitrogens with zero attached hydrogens (tertiary/aromatic N) is 1. The van der Waals surface area contributed by atoms with Crippen LogP contribution in [0.4, 0.5) is 0 Å². The van der Waals surface area contributed by atoms with Gasteiger partial charge in [-0.05, 0) is 39.3 Å². The van der Waals surface area contributed by atoms with Crippen LogP contribution in [0.5, 0.6) is 0 Å². The van der Waals surface area contributed by atoms with Crippen LogP contribution in [0.3, 0.4) is 0 Å². The number of nitrogens with two attached hydrogens (primary N) is 1. The maximum Gasteiger partial charge on any atom is 0.240 e. The van der Waals surface area contributed by atoms with Gasteiger partial charge in [0.15, 0.2) is 0 Å². The number of amides is 1. The highest BCUT2D eigenvalue weighted by molar-refractivity contribution is 5.87. The number of carbonyl (C=O) groups excluding carboxylic acids is 1. The van der Waals surface area contributed by atoms with E-state index in [-0.39, 0.29) is 11.9 Å². The van der Waals surface area contributed by atoms with Gasteiger partial charge in [0.05, 0.1) is 5.54 Å². The number of rotatable bonds is 5. The van der Waals surface area contributed by atoms with E-state index in [0.29, 0.717) is 5.92 Å². The molecule has 0 aliphatic heterocycles. The average Bonchev–Trinajstić information content (AvgIpc) is 2.11. The maximum atomic E-state index is 12.0. The van der Waals surface area contributed by atoms with Crippen molar-refractivity contribution in [1.82, 2.24) is 10.2 Å². The van der Waals surface area contributed by atoms with Gasteiger partial charge >= 0.3 is 0 Å². The van der Waals surface area contributed by atoms with Gasteiger partial charge in [-0.25, -0.2) is 0 Å². The zero-order valence-corrected chi connectivity index (χ0v) is 10.9. The van der Waals surface area contributed by atoms with Crippen molar-refractivity contribution >= 4 is 5.91 Å². The van der Waals surface area contributed by atoms with Crippen molar-refractivity contribution < 1.29 is 4.79 Å². The van der Waals surface area contributed by atoms with E-state index in [0.717, 1.165) is 25.8 Å².